The molecule has 1 saturated heterocycles. The first kappa shape index (κ1) is 15.2. The summed E-state index contributed by atoms with van der Waals surface area (Å²) in [5, 5.41) is 9.90. The van der Waals surface area contributed by atoms with E-state index >= 15 is 0 Å². The molecule has 1 N–H and O–H groups in total. The SMILES string of the molecule is C=C[C@@H](O)[C@@H]1OC(C)(C)O[C@H]1COCc1ccccc1. The van der Waals surface area contributed by atoms with Crippen LogP contribution >= 0.6 is 0 Å². The van der Waals surface area contributed by atoms with Crippen LogP contribution in [0.15, 0.2) is 43.0 Å². The average Bonchev–Trinajstić information content (AvgIpc) is 2.74. The van der Waals surface area contributed by atoms with Crippen molar-refractivity contribution >= 4 is 0 Å². The van der Waals surface area contributed by atoms with Gasteiger partial charge in [-0.2, -0.15) is 0 Å². The molecule has 0 amide bonds. The summed E-state index contributed by atoms with van der Waals surface area (Å²) in [6.45, 7) is 8.12. The molecule has 1 aliphatic rings. The van der Waals surface area contributed by atoms with Gasteiger partial charge in [-0.25, -0.2) is 0 Å². The minimum Gasteiger partial charge on any atom is -0.386 e. The van der Waals surface area contributed by atoms with E-state index in [2.05, 4.69) is 6.58 Å². The molecule has 0 bridgehead atoms. The highest BCUT2D eigenvalue weighted by Crippen LogP contribution is 2.30. The summed E-state index contributed by atoms with van der Waals surface area (Å²) in [4.78, 5) is 0. The molecule has 1 aliphatic heterocycles. The quantitative estimate of drug-likeness (QED) is 0.811. The van der Waals surface area contributed by atoms with Crippen LogP contribution in [0.3, 0.4) is 0 Å². The Bertz CT molecular complexity index is 429. The molecule has 0 radical (unpaired) electrons. The number of ether oxygens (including phenoxy) is 3. The lowest BCUT2D eigenvalue weighted by molar-refractivity contribution is -0.156. The van der Waals surface area contributed by atoms with Crippen molar-refractivity contribution < 1.29 is 19.3 Å². The topological polar surface area (TPSA) is 47.9 Å². The van der Waals surface area contributed by atoms with E-state index in [1.54, 1.807) is 0 Å². The first-order valence-corrected chi connectivity index (χ1v) is 6.80. The van der Waals surface area contributed by atoms with Crippen molar-refractivity contribution in [3.05, 3.63) is 48.6 Å². The number of hydrogen-bond donors (Lipinski definition) is 1. The smallest absolute Gasteiger partial charge is 0.164 e. The molecule has 1 fully saturated rings. The third kappa shape index (κ3) is 3.90. The van der Waals surface area contributed by atoms with Crippen LogP contribution in [0, 0.1) is 0 Å². The highest BCUT2D eigenvalue weighted by molar-refractivity contribution is 5.13. The zero-order valence-electron chi connectivity index (χ0n) is 12.0. The lowest BCUT2D eigenvalue weighted by Gasteiger charge is -2.19. The number of hydrogen-bond acceptors (Lipinski definition) is 4. The third-order valence-electron chi connectivity index (χ3n) is 3.19. The predicted molar refractivity (Wildman–Crippen MR) is 76.1 cm³/mol. The van der Waals surface area contributed by atoms with Gasteiger partial charge in [-0.3, -0.25) is 0 Å². The fraction of sp³-hybridized carbons (Fsp3) is 0.500. The zero-order chi connectivity index (χ0) is 14.6. The molecule has 3 atom stereocenters. The lowest BCUT2D eigenvalue weighted by atomic mass is 10.1. The molecule has 1 aromatic rings. The molecule has 0 aromatic heterocycles. The Morgan fingerprint density at radius 1 is 1.35 bits per heavy atom. The minimum atomic E-state index is -0.762. The summed E-state index contributed by atoms with van der Waals surface area (Å²) in [5.74, 6) is -0.713. The van der Waals surface area contributed by atoms with Crippen molar-refractivity contribution in [1.82, 2.24) is 0 Å². The van der Waals surface area contributed by atoms with Gasteiger partial charge in [0.25, 0.3) is 0 Å². The van der Waals surface area contributed by atoms with Crippen LogP contribution in [0.25, 0.3) is 0 Å². The maximum Gasteiger partial charge on any atom is 0.164 e. The summed E-state index contributed by atoms with van der Waals surface area (Å²) < 4.78 is 17.1. The van der Waals surface area contributed by atoms with Crippen LogP contribution < -0.4 is 0 Å². The molecule has 1 heterocycles. The summed E-state index contributed by atoms with van der Waals surface area (Å²) in [6.07, 6.45) is -0.0540. The Labute approximate surface area is 120 Å². The van der Waals surface area contributed by atoms with Gasteiger partial charge in [0.05, 0.1) is 13.2 Å². The van der Waals surface area contributed by atoms with Gasteiger partial charge in [0, 0.05) is 0 Å². The molecular formula is C16H22O4. The standard InChI is InChI=1S/C16H22O4/c1-4-13(17)15-14(19-16(2,3)20-15)11-18-10-12-8-6-5-7-9-12/h4-9,13-15,17H,1,10-11H2,2-3H3/t13-,14+,15+/m1/s1. The molecule has 20 heavy (non-hydrogen) atoms. The average molecular weight is 278 g/mol. The molecule has 0 aliphatic carbocycles. The lowest BCUT2D eigenvalue weighted by Crippen LogP contribution is -2.36. The van der Waals surface area contributed by atoms with Crippen LogP contribution in [-0.4, -0.2) is 35.8 Å². The summed E-state index contributed by atoms with van der Waals surface area (Å²) in [6, 6.07) is 9.93. The van der Waals surface area contributed by atoms with Crippen molar-refractivity contribution in [3.8, 4) is 0 Å². The summed E-state index contributed by atoms with van der Waals surface area (Å²) in [5.41, 5.74) is 1.10. The zero-order valence-corrected chi connectivity index (χ0v) is 12.0. The van der Waals surface area contributed by atoms with Crippen molar-refractivity contribution in [3.63, 3.8) is 0 Å². The fourth-order valence-electron chi connectivity index (χ4n) is 2.28. The third-order valence-corrected chi connectivity index (χ3v) is 3.19. The van der Waals surface area contributed by atoms with Gasteiger partial charge < -0.3 is 19.3 Å². The van der Waals surface area contributed by atoms with Crippen LogP contribution in [0.4, 0.5) is 0 Å². The number of rotatable bonds is 6. The van der Waals surface area contributed by atoms with Gasteiger partial charge in [-0.1, -0.05) is 36.4 Å². The van der Waals surface area contributed by atoms with Crippen molar-refractivity contribution in [2.75, 3.05) is 6.61 Å². The Morgan fingerprint density at radius 3 is 2.70 bits per heavy atom. The predicted octanol–water partition coefficient (Wildman–Crippen LogP) is 2.27. The van der Waals surface area contributed by atoms with E-state index in [9.17, 15) is 5.11 Å². The maximum absolute atomic E-state index is 9.90. The Balaban J connectivity index is 1.88. The molecule has 0 unspecified atom stereocenters. The number of aliphatic hydroxyl groups is 1. The summed E-state index contributed by atoms with van der Waals surface area (Å²) >= 11 is 0. The van der Waals surface area contributed by atoms with Crippen LogP contribution in [0.2, 0.25) is 0 Å². The second-order valence-corrected chi connectivity index (χ2v) is 5.37. The van der Waals surface area contributed by atoms with Gasteiger partial charge in [0.1, 0.15) is 18.3 Å². The normalized spacial score (nSPS) is 26.4. The fourth-order valence-corrected chi connectivity index (χ4v) is 2.28. The monoisotopic (exact) mass is 278 g/mol. The molecule has 0 saturated carbocycles. The van der Waals surface area contributed by atoms with E-state index in [1.807, 2.05) is 44.2 Å². The maximum atomic E-state index is 9.90. The second-order valence-electron chi connectivity index (χ2n) is 5.37. The molecule has 2 rings (SSSR count). The Morgan fingerprint density at radius 2 is 2.05 bits per heavy atom. The minimum absolute atomic E-state index is 0.304. The second kappa shape index (κ2) is 6.50. The molecule has 1 aromatic carbocycles. The van der Waals surface area contributed by atoms with Crippen molar-refractivity contribution in [2.24, 2.45) is 0 Å². The largest absolute Gasteiger partial charge is 0.386 e. The molecular weight excluding hydrogens is 256 g/mol. The number of aliphatic hydroxyl groups excluding tert-OH is 1. The number of benzene rings is 1. The van der Waals surface area contributed by atoms with Gasteiger partial charge in [0.2, 0.25) is 0 Å². The highest BCUT2D eigenvalue weighted by Gasteiger charge is 2.44. The van der Waals surface area contributed by atoms with Gasteiger partial charge in [0.15, 0.2) is 5.79 Å². The van der Waals surface area contributed by atoms with E-state index in [1.165, 1.54) is 6.08 Å². The van der Waals surface area contributed by atoms with E-state index in [0.29, 0.717) is 13.2 Å². The van der Waals surface area contributed by atoms with Crippen LogP contribution in [-0.2, 0) is 20.8 Å². The van der Waals surface area contributed by atoms with Gasteiger partial charge in [-0.05, 0) is 19.4 Å². The highest BCUT2D eigenvalue weighted by atomic mass is 16.8. The molecule has 0 spiro atoms. The molecule has 4 heteroatoms. The van der Waals surface area contributed by atoms with Crippen molar-refractivity contribution in [1.29, 1.82) is 0 Å². The van der Waals surface area contributed by atoms with E-state index in [0.717, 1.165) is 5.56 Å². The van der Waals surface area contributed by atoms with E-state index in [-0.39, 0.29) is 6.10 Å². The van der Waals surface area contributed by atoms with Gasteiger partial charge in [-0.15, -0.1) is 6.58 Å². The Hall–Kier alpha value is -1.20. The first-order chi connectivity index (χ1) is 9.52. The molecule has 110 valence electrons. The molecule has 4 nitrogen and oxygen atoms in total. The Kier molecular flexibility index (Phi) is 4.94. The van der Waals surface area contributed by atoms with Crippen LogP contribution in [0.1, 0.15) is 19.4 Å². The van der Waals surface area contributed by atoms with Gasteiger partial charge >= 0.3 is 0 Å². The van der Waals surface area contributed by atoms with Crippen molar-refractivity contribution in [2.45, 2.75) is 44.6 Å². The first-order valence-electron chi connectivity index (χ1n) is 6.80. The van der Waals surface area contributed by atoms with E-state index < -0.39 is 18.0 Å². The summed E-state index contributed by atoms with van der Waals surface area (Å²) in [7, 11) is 0. The van der Waals surface area contributed by atoms with E-state index in [4.69, 9.17) is 14.2 Å². The van der Waals surface area contributed by atoms with Crippen LogP contribution in [0.5, 0.6) is 0 Å².